The maximum Gasteiger partial charge on any atom is 0.191 e. The lowest BCUT2D eigenvalue weighted by molar-refractivity contribution is -0.367. The molecule has 0 radical (unpaired) electrons. The van der Waals surface area contributed by atoms with Crippen molar-refractivity contribution >= 4 is 21.2 Å². The summed E-state index contributed by atoms with van der Waals surface area (Å²) < 4.78 is 24.9. The summed E-state index contributed by atoms with van der Waals surface area (Å²) in [6, 6.07) is 12.3. The average molecular weight is 268 g/mol. The van der Waals surface area contributed by atoms with Crippen molar-refractivity contribution < 1.29 is 14.2 Å². The first kappa shape index (κ1) is 12.3. The highest BCUT2D eigenvalue weighted by molar-refractivity contribution is 7.91. The summed E-state index contributed by atoms with van der Waals surface area (Å²) in [5.74, 6) is 0. The van der Waals surface area contributed by atoms with Gasteiger partial charge in [0.2, 0.25) is 0 Å². The first-order valence-corrected chi connectivity index (χ1v) is 7.70. The zero-order valence-corrected chi connectivity index (χ0v) is 10.9. The van der Waals surface area contributed by atoms with Crippen LogP contribution in [0.15, 0.2) is 52.7 Å². The van der Waals surface area contributed by atoms with Crippen LogP contribution in [0.1, 0.15) is 10.1 Å². The van der Waals surface area contributed by atoms with E-state index >= 15 is 0 Å². The molecule has 3 nitrogen and oxygen atoms in total. The zero-order valence-electron chi connectivity index (χ0n) is 9.24. The number of rotatable bonds is 4. The van der Waals surface area contributed by atoms with Crippen molar-refractivity contribution in [1.29, 1.82) is 0 Å². The maximum atomic E-state index is 12.4. The molecule has 1 aromatic carbocycles. The first-order chi connectivity index (χ1) is 8.16. The third-order valence-corrected chi connectivity index (χ3v) is 5.87. The highest BCUT2D eigenvalue weighted by Crippen LogP contribution is 2.30. The summed E-state index contributed by atoms with van der Waals surface area (Å²) in [5, 5.41) is 1.35. The van der Waals surface area contributed by atoms with Crippen LogP contribution in [0.2, 0.25) is 0 Å². The van der Waals surface area contributed by atoms with Crippen LogP contribution < -0.4 is 5.73 Å². The summed E-state index contributed by atoms with van der Waals surface area (Å²) >= 11 is 1.46. The minimum atomic E-state index is -3.33. The minimum absolute atomic E-state index is 0.345. The molecule has 0 saturated heterocycles. The van der Waals surface area contributed by atoms with Crippen LogP contribution >= 0.6 is 11.3 Å². The van der Waals surface area contributed by atoms with Crippen molar-refractivity contribution in [2.45, 2.75) is 10.1 Å². The number of hydrogen-bond donors (Lipinski definition) is 1. The van der Waals surface area contributed by atoms with E-state index in [4.69, 9.17) is 0 Å². The monoisotopic (exact) mass is 268 g/mol. The Hall–Kier alpha value is -1.17. The molecular formula is C12H14NO2S2+. The average Bonchev–Trinajstić information content (AvgIpc) is 2.84. The van der Waals surface area contributed by atoms with Gasteiger partial charge in [-0.2, -0.15) is 0 Å². The molecule has 0 aliphatic heterocycles. The van der Waals surface area contributed by atoms with Gasteiger partial charge in [0, 0.05) is 4.88 Å². The first-order valence-electron chi connectivity index (χ1n) is 5.28. The number of thiophene rings is 1. The van der Waals surface area contributed by atoms with E-state index in [9.17, 15) is 8.42 Å². The Labute approximate surface area is 105 Å². The molecule has 5 heteroatoms. The van der Waals surface area contributed by atoms with E-state index in [1.807, 2.05) is 23.6 Å². The maximum absolute atomic E-state index is 12.4. The van der Waals surface area contributed by atoms with Gasteiger partial charge in [0.15, 0.2) is 9.84 Å². The van der Waals surface area contributed by atoms with Crippen molar-refractivity contribution in [3.8, 4) is 0 Å². The van der Waals surface area contributed by atoms with Crippen LogP contribution in [0.5, 0.6) is 0 Å². The molecule has 0 aliphatic rings. The third kappa shape index (κ3) is 2.41. The molecule has 0 saturated carbocycles. The fourth-order valence-electron chi connectivity index (χ4n) is 1.70. The van der Waals surface area contributed by atoms with Crippen molar-refractivity contribution in [1.82, 2.24) is 0 Å². The van der Waals surface area contributed by atoms with Gasteiger partial charge in [-0.1, -0.05) is 24.3 Å². The summed E-state index contributed by atoms with van der Waals surface area (Å²) in [7, 11) is -3.33. The van der Waals surface area contributed by atoms with Crippen LogP contribution in [0.3, 0.4) is 0 Å². The number of benzene rings is 1. The molecule has 1 heterocycles. The van der Waals surface area contributed by atoms with Gasteiger partial charge in [0.1, 0.15) is 5.25 Å². The molecule has 0 unspecified atom stereocenters. The van der Waals surface area contributed by atoms with E-state index in [1.54, 1.807) is 24.3 Å². The second-order valence-electron chi connectivity index (χ2n) is 3.65. The standard InChI is InChI=1S/C12H13NO2S2/c13-9-12(11-7-4-8-16-11)17(14,15)10-5-2-1-3-6-10/h1-8,12H,9,13H2/p+1/t12-/m1/s1. The number of sulfone groups is 1. The van der Waals surface area contributed by atoms with Gasteiger partial charge < -0.3 is 5.73 Å². The molecule has 0 aliphatic carbocycles. The van der Waals surface area contributed by atoms with Gasteiger partial charge in [-0.25, -0.2) is 8.42 Å². The summed E-state index contributed by atoms with van der Waals surface area (Å²) in [5.41, 5.74) is 3.76. The van der Waals surface area contributed by atoms with Crippen LogP contribution in [0.4, 0.5) is 0 Å². The zero-order chi connectivity index (χ0) is 12.3. The Kier molecular flexibility index (Phi) is 3.61. The Morgan fingerprint density at radius 3 is 2.35 bits per heavy atom. The van der Waals surface area contributed by atoms with Crippen LogP contribution in [-0.4, -0.2) is 15.0 Å². The smallest absolute Gasteiger partial charge is 0.191 e. The number of hydrogen-bond acceptors (Lipinski definition) is 3. The second kappa shape index (κ2) is 5.00. The van der Waals surface area contributed by atoms with Crippen LogP contribution in [0.25, 0.3) is 0 Å². The number of quaternary nitrogens is 1. The highest BCUT2D eigenvalue weighted by Gasteiger charge is 2.30. The van der Waals surface area contributed by atoms with Gasteiger partial charge in [-0.3, -0.25) is 0 Å². The fourth-order valence-corrected chi connectivity index (χ4v) is 4.55. The summed E-state index contributed by atoms with van der Waals surface area (Å²) in [6.07, 6.45) is 0. The van der Waals surface area contributed by atoms with E-state index in [-0.39, 0.29) is 0 Å². The van der Waals surface area contributed by atoms with Gasteiger partial charge in [0.25, 0.3) is 0 Å². The Morgan fingerprint density at radius 1 is 1.12 bits per heavy atom. The summed E-state index contributed by atoms with van der Waals surface area (Å²) in [4.78, 5) is 1.21. The molecule has 0 amide bonds. The largest absolute Gasteiger partial charge is 0.356 e. The molecule has 90 valence electrons. The van der Waals surface area contributed by atoms with Crippen molar-refractivity contribution in [3.05, 3.63) is 52.7 Å². The highest BCUT2D eigenvalue weighted by atomic mass is 32.2. The Bertz CT molecular complexity index is 562. The van der Waals surface area contributed by atoms with E-state index in [2.05, 4.69) is 5.73 Å². The molecule has 1 atom stereocenters. The van der Waals surface area contributed by atoms with Crippen LogP contribution in [0, 0.1) is 0 Å². The second-order valence-corrected chi connectivity index (χ2v) is 6.76. The van der Waals surface area contributed by atoms with Crippen molar-refractivity contribution in [2.75, 3.05) is 6.54 Å². The Morgan fingerprint density at radius 2 is 1.82 bits per heavy atom. The molecule has 17 heavy (non-hydrogen) atoms. The minimum Gasteiger partial charge on any atom is -0.356 e. The van der Waals surface area contributed by atoms with E-state index in [0.717, 1.165) is 4.88 Å². The predicted molar refractivity (Wildman–Crippen MR) is 68.4 cm³/mol. The molecular weight excluding hydrogens is 254 g/mol. The van der Waals surface area contributed by atoms with Gasteiger partial charge in [-0.15, -0.1) is 11.3 Å². The lowest BCUT2D eigenvalue weighted by Gasteiger charge is -2.12. The van der Waals surface area contributed by atoms with E-state index in [1.165, 1.54) is 11.3 Å². The van der Waals surface area contributed by atoms with Gasteiger partial charge in [-0.05, 0) is 23.6 Å². The topological polar surface area (TPSA) is 61.8 Å². The quantitative estimate of drug-likeness (QED) is 0.913. The molecule has 0 fully saturated rings. The Balaban J connectivity index is 2.45. The predicted octanol–water partition coefficient (Wildman–Crippen LogP) is 1.51. The summed E-state index contributed by atoms with van der Waals surface area (Å²) in [6.45, 7) is 0.345. The molecule has 2 aromatic rings. The van der Waals surface area contributed by atoms with Crippen molar-refractivity contribution in [3.63, 3.8) is 0 Å². The normalized spacial score (nSPS) is 13.5. The van der Waals surface area contributed by atoms with Gasteiger partial charge >= 0.3 is 0 Å². The lowest BCUT2D eigenvalue weighted by atomic mass is 10.3. The van der Waals surface area contributed by atoms with Gasteiger partial charge in [0.05, 0.1) is 11.4 Å². The van der Waals surface area contributed by atoms with Crippen molar-refractivity contribution in [2.24, 2.45) is 0 Å². The molecule has 2 rings (SSSR count). The molecule has 0 bridgehead atoms. The SMILES string of the molecule is [NH3+]C[C@H](c1cccs1)S(=O)(=O)c1ccccc1. The van der Waals surface area contributed by atoms with Crippen LogP contribution in [-0.2, 0) is 9.84 Å². The van der Waals surface area contributed by atoms with E-state index < -0.39 is 15.1 Å². The molecule has 0 spiro atoms. The third-order valence-electron chi connectivity index (χ3n) is 2.57. The van der Waals surface area contributed by atoms with E-state index in [0.29, 0.717) is 11.4 Å². The molecule has 3 N–H and O–H groups in total. The lowest BCUT2D eigenvalue weighted by Crippen LogP contribution is -2.54. The fraction of sp³-hybridized carbons (Fsp3) is 0.167. The molecule has 1 aromatic heterocycles.